The Labute approximate surface area is 184 Å². The Bertz CT molecular complexity index is 1010. The standard InChI is InChI=1S/C26H31N3O2/c1-25-11-4-7-20(25)18-8-9-22-26(2,21(18)10-12-25)14-19(24(31)29-22)23(30)28-17-6-3-5-16(13-17)15-27/h3,5-6,13-14,18,20-22H,4,7-12H2,1-2H3,(H,28,30)(H,29,31)/t18-,20-,21+,22?,25-,26+/m0/s1. The van der Waals surface area contributed by atoms with Gasteiger partial charge >= 0.3 is 0 Å². The predicted molar refractivity (Wildman–Crippen MR) is 119 cm³/mol. The average Bonchev–Trinajstić information content (AvgIpc) is 3.15. The zero-order valence-corrected chi connectivity index (χ0v) is 18.4. The molecule has 1 aromatic rings. The first-order chi connectivity index (χ1) is 14.8. The lowest BCUT2D eigenvalue weighted by molar-refractivity contribution is -0.126. The molecule has 1 aliphatic heterocycles. The lowest BCUT2D eigenvalue weighted by Gasteiger charge is -2.58. The van der Waals surface area contributed by atoms with Crippen LogP contribution in [-0.4, -0.2) is 17.9 Å². The molecule has 5 heteroatoms. The number of carbonyl (C=O) groups excluding carboxylic acids is 2. The van der Waals surface area contributed by atoms with Crippen molar-refractivity contribution in [1.82, 2.24) is 5.32 Å². The fourth-order valence-electron chi connectivity index (χ4n) is 7.47. The lowest BCUT2D eigenvalue weighted by Crippen LogP contribution is -2.60. The molecule has 3 saturated carbocycles. The summed E-state index contributed by atoms with van der Waals surface area (Å²) in [7, 11) is 0. The number of amides is 2. The molecule has 0 aromatic heterocycles. The molecule has 1 unspecified atom stereocenters. The summed E-state index contributed by atoms with van der Waals surface area (Å²) in [6.45, 7) is 4.75. The van der Waals surface area contributed by atoms with Crippen molar-refractivity contribution in [3.05, 3.63) is 41.5 Å². The SMILES string of the molecule is C[C@@]12CCC[C@H]1[C@@H]1CCC3NC(=O)C(C(=O)Nc4cccc(C#N)c4)=C[C@]3(C)[C@@H]1CC2. The number of hydrogen-bond acceptors (Lipinski definition) is 3. The van der Waals surface area contributed by atoms with E-state index in [0.29, 0.717) is 28.5 Å². The summed E-state index contributed by atoms with van der Waals surface area (Å²) >= 11 is 0. The van der Waals surface area contributed by atoms with E-state index >= 15 is 0 Å². The van der Waals surface area contributed by atoms with Gasteiger partial charge in [-0.1, -0.05) is 32.4 Å². The van der Waals surface area contributed by atoms with Crippen molar-refractivity contribution in [2.75, 3.05) is 5.32 Å². The fourth-order valence-corrected chi connectivity index (χ4v) is 7.47. The fraction of sp³-hybridized carbons (Fsp3) is 0.577. The molecule has 3 fully saturated rings. The molecule has 2 amide bonds. The molecule has 1 aromatic carbocycles. The minimum atomic E-state index is -0.393. The average molecular weight is 418 g/mol. The second-order valence-electron chi connectivity index (χ2n) is 10.6. The van der Waals surface area contributed by atoms with Gasteiger partial charge in [-0.25, -0.2) is 0 Å². The molecule has 2 N–H and O–H groups in total. The van der Waals surface area contributed by atoms with Gasteiger partial charge in [-0.15, -0.1) is 0 Å². The van der Waals surface area contributed by atoms with Crippen LogP contribution in [0.5, 0.6) is 0 Å². The van der Waals surface area contributed by atoms with Gasteiger partial charge in [0.15, 0.2) is 0 Å². The third-order valence-corrected chi connectivity index (χ3v) is 9.06. The van der Waals surface area contributed by atoms with Crippen molar-refractivity contribution in [2.24, 2.45) is 28.6 Å². The van der Waals surface area contributed by atoms with Crippen LogP contribution in [-0.2, 0) is 9.59 Å². The summed E-state index contributed by atoms with van der Waals surface area (Å²) in [5.74, 6) is 1.30. The van der Waals surface area contributed by atoms with Crippen molar-refractivity contribution in [3.63, 3.8) is 0 Å². The second-order valence-corrected chi connectivity index (χ2v) is 10.6. The van der Waals surface area contributed by atoms with Crippen molar-refractivity contribution in [1.29, 1.82) is 5.26 Å². The zero-order valence-electron chi connectivity index (χ0n) is 18.4. The lowest BCUT2D eigenvalue weighted by atomic mass is 9.48. The van der Waals surface area contributed by atoms with E-state index < -0.39 is 5.91 Å². The van der Waals surface area contributed by atoms with Crippen molar-refractivity contribution < 1.29 is 9.59 Å². The van der Waals surface area contributed by atoms with Gasteiger partial charge in [0.2, 0.25) is 0 Å². The first-order valence-corrected chi connectivity index (χ1v) is 11.7. The largest absolute Gasteiger partial charge is 0.348 e. The van der Waals surface area contributed by atoms with Gasteiger partial charge in [0.25, 0.3) is 11.8 Å². The van der Waals surface area contributed by atoms with Gasteiger partial charge in [0, 0.05) is 17.1 Å². The van der Waals surface area contributed by atoms with Gasteiger partial charge in [-0.05, 0) is 79.9 Å². The number of anilines is 1. The number of carbonyl (C=O) groups is 2. The first-order valence-electron chi connectivity index (χ1n) is 11.7. The van der Waals surface area contributed by atoms with Crippen LogP contribution in [0, 0.1) is 39.9 Å². The quantitative estimate of drug-likeness (QED) is 0.693. The maximum Gasteiger partial charge on any atom is 0.260 e. The number of rotatable bonds is 2. The zero-order chi connectivity index (χ0) is 21.8. The van der Waals surface area contributed by atoms with Gasteiger partial charge in [0.1, 0.15) is 5.57 Å². The summed E-state index contributed by atoms with van der Waals surface area (Å²) in [4.78, 5) is 25.9. The smallest absolute Gasteiger partial charge is 0.260 e. The van der Waals surface area contributed by atoms with E-state index in [2.05, 4.69) is 30.6 Å². The molecule has 1 heterocycles. The highest BCUT2D eigenvalue weighted by Gasteiger charge is 2.58. The van der Waals surface area contributed by atoms with Crippen LogP contribution < -0.4 is 10.6 Å². The van der Waals surface area contributed by atoms with Crippen LogP contribution in [0.25, 0.3) is 0 Å². The molecule has 0 bridgehead atoms. The van der Waals surface area contributed by atoms with Crippen molar-refractivity contribution in [2.45, 2.75) is 64.8 Å². The number of hydrogen-bond donors (Lipinski definition) is 2. The Morgan fingerprint density at radius 3 is 2.81 bits per heavy atom. The number of nitriles is 1. The van der Waals surface area contributed by atoms with Crippen LogP contribution in [0.3, 0.4) is 0 Å². The summed E-state index contributed by atoms with van der Waals surface area (Å²) in [5.41, 5.74) is 1.51. The van der Waals surface area contributed by atoms with Gasteiger partial charge in [0.05, 0.1) is 11.6 Å². The molecular formula is C26H31N3O2. The molecule has 0 radical (unpaired) electrons. The van der Waals surface area contributed by atoms with Gasteiger partial charge in [-0.3, -0.25) is 9.59 Å². The minimum absolute atomic E-state index is 0.102. The third-order valence-electron chi connectivity index (χ3n) is 9.06. The molecule has 162 valence electrons. The van der Waals surface area contributed by atoms with E-state index in [9.17, 15) is 9.59 Å². The second kappa shape index (κ2) is 7.22. The highest BCUT2D eigenvalue weighted by molar-refractivity contribution is 6.23. The molecule has 5 rings (SSSR count). The molecule has 6 atom stereocenters. The minimum Gasteiger partial charge on any atom is -0.348 e. The Kier molecular flexibility index (Phi) is 4.73. The number of nitrogens with one attached hydrogen (secondary N) is 2. The van der Waals surface area contributed by atoms with Gasteiger partial charge < -0.3 is 10.6 Å². The normalized spacial score (nSPS) is 38.6. The van der Waals surface area contributed by atoms with E-state index in [4.69, 9.17) is 5.26 Å². The molecular weight excluding hydrogens is 386 g/mol. The van der Waals surface area contributed by atoms with E-state index in [0.717, 1.165) is 12.3 Å². The Morgan fingerprint density at radius 2 is 2.00 bits per heavy atom. The van der Waals surface area contributed by atoms with Crippen LogP contribution in [0.1, 0.15) is 64.4 Å². The van der Waals surface area contributed by atoms with Crippen LogP contribution in [0.15, 0.2) is 35.9 Å². The highest BCUT2D eigenvalue weighted by atomic mass is 16.2. The number of fused-ring (bicyclic) bond motifs is 5. The Balaban J connectivity index is 1.44. The van der Waals surface area contributed by atoms with E-state index in [1.165, 1.54) is 38.5 Å². The van der Waals surface area contributed by atoms with Crippen LogP contribution >= 0.6 is 0 Å². The number of nitrogens with zero attached hydrogens (tertiary/aromatic N) is 1. The molecule has 0 spiro atoms. The van der Waals surface area contributed by atoms with Crippen molar-refractivity contribution in [3.8, 4) is 6.07 Å². The van der Waals surface area contributed by atoms with E-state index in [-0.39, 0.29) is 22.9 Å². The Hall–Kier alpha value is -2.61. The van der Waals surface area contributed by atoms with Crippen LogP contribution in [0.2, 0.25) is 0 Å². The summed E-state index contributed by atoms with van der Waals surface area (Å²) in [5, 5.41) is 15.1. The summed E-state index contributed by atoms with van der Waals surface area (Å²) < 4.78 is 0. The molecule has 0 saturated heterocycles. The maximum absolute atomic E-state index is 13.1. The Morgan fingerprint density at radius 1 is 1.16 bits per heavy atom. The molecule has 3 aliphatic carbocycles. The predicted octanol–water partition coefficient (Wildman–Crippen LogP) is 4.55. The van der Waals surface area contributed by atoms with Gasteiger partial charge in [-0.2, -0.15) is 5.26 Å². The molecule has 31 heavy (non-hydrogen) atoms. The topological polar surface area (TPSA) is 82.0 Å². The number of benzene rings is 1. The van der Waals surface area contributed by atoms with Crippen molar-refractivity contribution >= 4 is 17.5 Å². The summed E-state index contributed by atoms with van der Waals surface area (Å²) in [6, 6.07) is 8.97. The summed E-state index contributed by atoms with van der Waals surface area (Å²) in [6.07, 6.45) is 10.6. The first kappa shape index (κ1) is 20.3. The third kappa shape index (κ3) is 3.19. The monoisotopic (exact) mass is 417 g/mol. The molecule has 4 aliphatic rings. The maximum atomic E-state index is 13.1. The highest BCUT2D eigenvalue weighted by Crippen LogP contribution is 2.63. The van der Waals surface area contributed by atoms with E-state index in [1.807, 2.05) is 6.08 Å². The molecule has 5 nitrogen and oxygen atoms in total. The van der Waals surface area contributed by atoms with Crippen LogP contribution in [0.4, 0.5) is 5.69 Å². The van der Waals surface area contributed by atoms with E-state index in [1.54, 1.807) is 24.3 Å².